The highest BCUT2D eigenvalue weighted by atomic mass is 35.6. The van der Waals surface area contributed by atoms with Crippen LogP contribution in [0.1, 0.15) is 39.5 Å². The summed E-state index contributed by atoms with van der Waals surface area (Å²) in [5.41, 5.74) is 3.57. The first-order valence-electron chi connectivity index (χ1n) is 10.5. The Balaban J connectivity index is 1.55. The van der Waals surface area contributed by atoms with E-state index in [0.717, 1.165) is 23.1 Å². The van der Waals surface area contributed by atoms with Crippen LogP contribution >= 0.6 is 81.2 Å². The zero-order chi connectivity index (χ0) is 25.2. The van der Waals surface area contributed by atoms with E-state index >= 15 is 0 Å². The predicted molar refractivity (Wildman–Crippen MR) is 151 cm³/mol. The van der Waals surface area contributed by atoms with Crippen molar-refractivity contribution >= 4 is 93.2 Å². The molecule has 0 saturated heterocycles. The molecule has 2 unspecified atom stereocenters. The summed E-state index contributed by atoms with van der Waals surface area (Å²) in [4.78, 5) is 4.51. The number of alkyl halides is 7. The second-order valence-corrected chi connectivity index (χ2v) is 12.9. The Morgan fingerprint density at radius 2 is 1.46 bits per heavy atom. The van der Waals surface area contributed by atoms with Crippen molar-refractivity contribution in [3.05, 3.63) is 112 Å². The molecule has 1 heterocycles. The van der Waals surface area contributed by atoms with Crippen molar-refractivity contribution < 1.29 is 4.74 Å². The van der Waals surface area contributed by atoms with Crippen molar-refractivity contribution in [1.29, 1.82) is 0 Å². The van der Waals surface area contributed by atoms with Crippen molar-refractivity contribution in [3.63, 3.8) is 0 Å². The van der Waals surface area contributed by atoms with Crippen LogP contribution in [0.2, 0.25) is 0 Å². The quantitative estimate of drug-likeness (QED) is 0.209. The summed E-state index contributed by atoms with van der Waals surface area (Å²) in [6.07, 6.45) is 4.29. The molecule has 182 valence electrons. The summed E-state index contributed by atoms with van der Waals surface area (Å²) in [7, 11) is 0. The molecule has 3 aromatic rings. The van der Waals surface area contributed by atoms with Crippen molar-refractivity contribution in [3.8, 4) is 0 Å². The van der Waals surface area contributed by atoms with Gasteiger partial charge in [-0.25, -0.2) is 4.99 Å². The maximum absolute atomic E-state index is 6.56. The molecule has 2 atom stereocenters. The van der Waals surface area contributed by atoms with Crippen LogP contribution in [-0.2, 0) is 18.7 Å². The minimum absolute atomic E-state index is 0.328. The molecule has 9 heteroatoms. The molecule has 1 aliphatic rings. The highest BCUT2D eigenvalue weighted by Gasteiger charge is 2.36. The van der Waals surface area contributed by atoms with E-state index in [1.54, 1.807) is 12.1 Å². The number of nitrogens with zero attached hydrogens (tertiary/aromatic N) is 1. The number of ether oxygens (including phenoxy) is 1. The van der Waals surface area contributed by atoms with Gasteiger partial charge in [0, 0.05) is 16.7 Å². The number of allylic oxidation sites excluding steroid dienone is 1. The molecule has 3 aromatic carbocycles. The maximum Gasteiger partial charge on any atom is 0.218 e. The second-order valence-electron chi connectivity index (χ2n) is 7.90. The number of hydrogen-bond acceptors (Lipinski definition) is 2. The van der Waals surface area contributed by atoms with E-state index in [0.29, 0.717) is 22.6 Å². The third-order valence-electron chi connectivity index (χ3n) is 5.30. The SMILES string of the molecule is ClC1N=C(c2cccc(C/C=C/c3ccccc3)c2)OC1c1cc(C(Cl)(Cl)Cl)cc(C(Cl)(Cl)Cl)c1. The van der Waals surface area contributed by atoms with Gasteiger partial charge in [0.05, 0.1) is 0 Å². The van der Waals surface area contributed by atoms with Gasteiger partial charge in [0.15, 0.2) is 11.6 Å². The molecule has 2 nitrogen and oxygen atoms in total. The molecule has 0 aromatic heterocycles. The Morgan fingerprint density at radius 3 is 2.09 bits per heavy atom. The second kappa shape index (κ2) is 11.1. The largest absolute Gasteiger partial charge is 0.466 e. The van der Waals surface area contributed by atoms with Gasteiger partial charge in [0.1, 0.15) is 0 Å². The van der Waals surface area contributed by atoms with E-state index < -0.39 is 19.2 Å². The zero-order valence-corrected chi connectivity index (χ0v) is 23.2. The van der Waals surface area contributed by atoms with E-state index in [4.69, 9.17) is 85.9 Å². The molecule has 0 radical (unpaired) electrons. The van der Waals surface area contributed by atoms with Crippen LogP contribution < -0.4 is 0 Å². The van der Waals surface area contributed by atoms with Gasteiger partial charge in [-0.05, 0) is 53.4 Å². The van der Waals surface area contributed by atoms with Crippen molar-refractivity contribution in [2.24, 2.45) is 4.99 Å². The fourth-order valence-electron chi connectivity index (χ4n) is 3.63. The molecule has 0 N–H and O–H groups in total. The summed E-state index contributed by atoms with van der Waals surface area (Å²) in [5, 5.41) is 0. The first-order valence-corrected chi connectivity index (χ1v) is 13.2. The van der Waals surface area contributed by atoms with Gasteiger partial charge < -0.3 is 4.74 Å². The zero-order valence-electron chi connectivity index (χ0n) is 17.9. The fraction of sp³-hybridized carbons (Fsp3) is 0.192. The average molecular weight is 609 g/mol. The van der Waals surface area contributed by atoms with Gasteiger partial charge in [0.25, 0.3) is 0 Å². The van der Waals surface area contributed by atoms with Crippen LogP contribution in [0.4, 0.5) is 0 Å². The lowest BCUT2D eigenvalue weighted by molar-refractivity contribution is 0.219. The Bertz CT molecular complexity index is 1210. The lowest BCUT2D eigenvalue weighted by Gasteiger charge is -2.22. The van der Waals surface area contributed by atoms with Crippen molar-refractivity contribution in [1.82, 2.24) is 0 Å². The summed E-state index contributed by atoms with van der Waals surface area (Å²) in [5.74, 6) is 0.415. The minimum atomic E-state index is -1.73. The normalized spacial score (nSPS) is 18.5. The summed E-state index contributed by atoms with van der Waals surface area (Å²) in [6.45, 7) is 0. The molecular formula is C26H18Cl7NO. The van der Waals surface area contributed by atoms with E-state index in [1.807, 2.05) is 42.5 Å². The standard InChI is InChI=1S/C26H18Cl7NO/c27-23-22(19-13-20(25(28,29)30)15-21(14-19)26(31,32)33)35-24(34-23)18-11-5-10-17(12-18)9-4-8-16-6-2-1-3-7-16/h1-8,10-15,22-23H,9H2/b8-4+. The minimum Gasteiger partial charge on any atom is -0.466 e. The van der Waals surface area contributed by atoms with Crippen molar-refractivity contribution in [2.45, 2.75) is 25.6 Å². The van der Waals surface area contributed by atoms with Gasteiger partial charge in [0.2, 0.25) is 13.5 Å². The van der Waals surface area contributed by atoms with Crippen LogP contribution in [0.3, 0.4) is 0 Å². The van der Waals surface area contributed by atoms with Crippen LogP contribution in [-0.4, -0.2) is 11.4 Å². The lowest BCUT2D eigenvalue weighted by atomic mass is 10.0. The predicted octanol–water partition coefficient (Wildman–Crippen LogP) is 9.68. The van der Waals surface area contributed by atoms with E-state index in [9.17, 15) is 0 Å². The highest BCUT2D eigenvalue weighted by Crippen LogP contribution is 2.46. The van der Waals surface area contributed by atoms with Crippen LogP contribution in [0.5, 0.6) is 0 Å². The van der Waals surface area contributed by atoms with Gasteiger partial charge in [-0.1, -0.05) is 136 Å². The first-order chi connectivity index (χ1) is 16.5. The van der Waals surface area contributed by atoms with Crippen LogP contribution in [0.25, 0.3) is 6.08 Å². The molecule has 1 aliphatic heterocycles. The Labute approximate surface area is 239 Å². The Kier molecular flexibility index (Phi) is 8.55. The highest BCUT2D eigenvalue weighted by molar-refractivity contribution is 6.67. The van der Waals surface area contributed by atoms with Gasteiger partial charge >= 0.3 is 0 Å². The number of halogens is 7. The lowest BCUT2D eigenvalue weighted by Crippen LogP contribution is -2.14. The molecule has 0 amide bonds. The Hall–Kier alpha value is -1.10. The summed E-state index contributed by atoms with van der Waals surface area (Å²) < 4.78 is 2.69. The molecule has 0 saturated carbocycles. The summed E-state index contributed by atoms with van der Waals surface area (Å²) in [6, 6.07) is 22.9. The third kappa shape index (κ3) is 7.02. The van der Waals surface area contributed by atoms with Crippen molar-refractivity contribution in [2.75, 3.05) is 0 Å². The van der Waals surface area contributed by atoms with Crippen LogP contribution in [0.15, 0.2) is 83.9 Å². The smallest absolute Gasteiger partial charge is 0.218 e. The molecule has 0 aliphatic carbocycles. The van der Waals surface area contributed by atoms with Gasteiger partial charge in [-0.15, -0.1) is 0 Å². The van der Waals surface area contributed by atoms with Gasteiger partial charge in [-0.2, -0.15) is 0 Å². The maximum atomic E-state index is 6.56. The average Bonchev–Trinajstić information content (AvgIpc) is 3.20. The van der Waals surface area contributed by atoms with Crippen LogP contribution in [0, 0.1) is 0 Å². The Morgan fingerprint density at radius 1 is 0.800 bits per heavy atom. The molecule has 0 spiro atoms. The van der Waals surface area contributed by atoms with Gasteiger partial charge in [-0.3, -0.25) is 0 Å². The monoisotopic (exact) mass is 605 g/mol. The fourth-order valence-corrected chi connectivity index (χ4v) is 4.57. The molecule has 0 bridgehead atoms. The number of benzene rings is 3. The summed E-state index contributed by atoms with van der Waals surface area (Å²) >= 11 is 43.2. The van der Waals surface area contributed by atoms with E-state index in [1.165, 1.54) is 6.07 Å². The topological polar surface area (TPSA) is 21.6 Å². The number of rotatable bonds is 5. The molecule has 0 fully saturated rings. The molecule has 4 rings (SSSR count). The van der Waals surface area contributed by atoms with E-state index in [2.05, 4.69) is 29.3 Å². The molecule has 35 heavy (non-hydrogen) atoms. The van der Waals surface area contributed by atoms with E-state index in [-0.39, 0.29) is 0 Å². The first kappa shape index (κ1) is 26.9. The number of aliphatic imine (C=N–C) groups is 1. The number of hydrogen-bond donors (Lipinski definition) is 0. The third-order valence-corrected chi connectivity index (χ3v) is 6.94. The molecular weight excluding hydrogens is 590 g/mol.